The van der Waals surface area contributed by atoms with Crippen molar-refractivity contribution >= 4 is 16.0 Å². The zero-order valence-corrected chi connectivity index (χ0v) is 16.9. The molecule has 0 amide bonds. The molecule has 1 aromatic rings. The molecule has 10 heteroatoms. The average molecular weight is 421 g/mol. The summed E-state index contributed by atoms with van der Waals surface area (Å²) in [6.07, 6.45) is 0.749. The average Bonchev–Trinajstić information content (AvgIpc) is 2.64. The Bertz CT molecular complexity index is 773. The minimum atomic E-state index is -5.24. The smallest absolute Gasteiger partial charge is 0.357 e. The van der Waals surface area contributed by atoms with Crippen molar-refractivity contribution in [3.8, 4) is 0 Å². The normalized spacial score (nSPS) is 17.5. The van der Waals surface area contributed by atoms with Crippen LogP contribution in [0.15, 0.2) is 29.3 Å². The molecule has 0 bridgehead atoms. The van der Waals surface area contributed by atoms with E-state index in [0.717, 1.165) is 11.1 Å². The van der Waals surface area contributed by atoms with Gasteiger partial charge in [-0.3, -0.25) is 0 Å². The Hall–Kier alpha value is -1.81. The predicted octanol–water partition coefficient (Wildman–Crippen LogP) is 2.61. The molecule has 1 aliphatic rings. The lowest BCUT2D eigenvalue weighted by molar-refractivity contribution is -0.0496. The molecule has 0 saturated carbocycles. The van der Waals surface area contributed by atoms with Crippen molar-refractivity contribution in [1.82, 2.24) is 14.9 Å². The monoisotopic (exact) mass is 420 g/mol. The van der Waals surface area contributed by atoms with Crippen molar-refractivity contribution in [3.63, 3.8) is 0 Å². The summed E-state index contributed by atoms with van der Waals surface area (Å²) in [4.78, 5) is 4.55. The van der Waals surface area contributed by atoms with Gasteiger partial charge in [0.25, 0.3) is 0 Å². The number of hydrogen-bond donors (Lipinski definition) is 2. The summed E-state index contributed by atoms with van der Waals surface area (Å²) in [5.41, 5.74) is -2.97. The molecule has 28 heavy (non-hydrogen) atoms. The van der Waals surface area contributed by atoms with E-state index in [-0.39, 0.29) is 19.0 Å². The molecule has 0 aromatic heterocycles. The molecule has 1 heterocycles. The van der Waals surface area contributed by atoms with E-state index in [1.165, 1.54) is 0 Å². The van der Waals surface area contributed by atoms with Crippen LogP contribution in [0.2, 0.25) is 0 Å². The third-order valence-corrected chi connectivity index (χ3v) is 6.41. The molecule has 158 valence electrons. The number of nitrogens with one attached hydrogen (secondary N) is 2. The summed E-state index contributed by atoms with van der Waals surface area (Å²) < 4.78 is 61.4. The van der Waals surface area contributed by atoms with E-state index in [1.807, 2.05) is 38.1 Å². The van der Waals surface area contributed by atoms with Gasteiger partial charge in [-0.2, -0.15) is 17.5 Å². The second kappa shape index (κ2) is 9.60. The van der Waals surface area contributed by atoms with Crippen molar-refractivity contribution in [3.05, 3.63) is 35.4 Å². The second-order valence-corrected chi connectivity index (χ2v) is 8.73. The molecule has 1 aromatic carbocycles. The number of rotatable bonds is 6. The van der Waals surface area contributed by atoms with E-state index < -0.39 is 15.5 Å². The van der Waals surface area contributed by atoms with Crippen LogP contribution in [-0.2, 0) is 16.6 Å². The molecule has 0 radical (unpaired) electrons. The van der Waals surface area contributed by atoms with E-state index in [0.29, 0.717) is 42.7 Å². The van der Waals surface area contributed by atoms with Crippen LogP contribution >= 0.6 is 0 Å². The van der Waals surface area contributed by atoms with Crippen molar-refractivity contribution in [2.45, 2.75) is 38.7 Å². The van der Waals surface area contributed by atoms with Crippen LogP contribution in [0.1, 0.15) is 30.9 Å². The number of guanidine groups is 1. The Morgan fingerprint density at radius 3 is 2.43 bits per heavy atom. The van der Waals surface area contributed by atoms with Gasteiger partial charge in [-0.05, 0) is 43.7 Å². The highest BCUT2D eigenvalue weighted by Crippen LogP contribution is 2.30. The summed E-state index contributed by atoms with van der Waals surface area (Å²) in [6, 6.07) is 7.96. The number of nitrogens with zero attached hydrogens (tertiary/aromatic N) is 2. The molecule has 0 spiro atoms. The Morgan fingerprint density at radius 2 is 1.86 bits per heavy atom. The van der Waals surface area contributed by atoms with Crippen LogP contribution < -0.4 is 10.6 Å². The zero-order valence-electron chi connectivity index (χ0n) is 16.1. The topological polar surface area (TPSA) is 73.8 Å². The van der Waals surface area contributed by atoms with E-state index in [2.05, 4.69) is 15.6 Å². The zero-order chi connectivity index (χ0) is 20.8. The van der Waals surface area contributed by atoms with Crippen molar-refractivity contribution in [2.24, 2.45) is 10.9 Å². The van der Waals surface area contributed by atoms with Gasteiger partial charge in [0.05, 0.1) is 6.54 Å². The maximum absolute atomic E-state index is 12.6. The number of halogens is 3. The molecule has 6 nitrogen and oxygen atoms in total. The highest BCUT2D eigenvalue weighted by atomic mass is 32.2. The third-order valence-electron chi connectivity index (χ3n) is 4.78. The van der Waals surface area contributed by atoms with E-state index >= 15 is 0 Å². The Labute approximate surface area is 164 Å². The molecule has 1 saturated heterocycles. The number of hydrogen-bond acceptors (Lipinski definition) is 3. The first-order valence-electron chi connectivity index (χ1n) is 9.28. The van der Waals surface area contributed by atoms with E-state index in [1.54, 1.807) is 0 Å². The van der Waals surface area contributed by atoms with Crippen LogP contribution in [0, 0.1) is 12.8 Å². The van der Waals surface area contributed by atoms with Gasteiger partial charge in [0.2, 0.25) is 0 Å². The lowest BCUT2D eigenvalue weighted by Gasteiger charge is -2.31. The number of benzene rings is 1. The molecule has 0 atom stereocenters. The van der Waals surface area contributed by atoms with E-state index in [9.17, 15) is 21.6 Å². The Balaban J connectivity index is 1.88. The first-order chi connectivity index (χ1) is 13.1. The van der Waals surface area contributed by atoms with Crippen molar-refractivity contribution in [1.29, 1.82) is 0 Å². The van der Waals surface area contributed by atoms with E-state index in [4.69, 9.17) is 0 Å². The number of aliphatic imine (C=N–C) groups is 1. The number of piperidine rings is 1. The fraction of sp³-hybridized carbons (Fsp3) is 0.611. The molecular formula is C18H27F3N4O2S. The number of aryl methyl sites for hydroxylation is 1. The molecule has 0 aliphatic carbocycles. The number of alkyl halides is 3. The summed E-state index contributed by atoms with van der Waals surface area (Å²) >= 11 is 0. The maximum atomic E-state index is 12.6. The Kier molecular flexibility index (Phi) is 7.70. The van der Waals surface area contributed by atoms with Gasteiger partial charge in [0, 0.05) is 26.2 Å². The van der Waals surface area contributed by atoms with Crippen LogP contribution in [0.3, 0.4) is 0 Å². The summed E-state index contributed by atoms with van der Waals surface area (Å²) in [6.45, 7) is 5.46. The standard InChI is InChI=1S/C18H27F3N4O2S/c1-3-22-17(24-13-16-7-5-4-6-14(16)2)23-12-15-8-10-25(11-9-15)28(26,27)18(19,20)21/h4-7,15H,3,8-13H2,1-2H3,(H2,22,23,24). The Morgan fingerprint density at radius 1 is 1.21 bits per heavy atom. The van der Waals surface area contributed by atoms with Crippen LogP contribution in [0.5, 0.6) is 0 Å². The lowest BCUT2D eigenvalue weighted by Crippen LogP contribution is -2.47. The third kappa shape index (κ3) is 5.84. The first-order valence-corrected chi connectivity index (χ1v) is 10.7. The summed E-state index contributed by atoms with van der Waals surface area (Å²) in [5, 5.41) is 6.36. The van der Waals surface area contributed by atoms with Gasteiger partial charge in [0.1, 0.15) is 0 Å². The predicted molar refractivity (Wildman–Crippen MR) is 103 cm³/mol. The molecule has 1 fully saturated rings. The minimum Gasteiger partial charge on any atom is -0.357 e. The molecular weight excluding hydrogens is 393 g/mol. The minimum absolute atomic E-state index is 0.0852. The second-order valence-electron chi connectivity index (χ2n) is 6.80. The van der Waals surface area contributed by atoms with Crippen molar-refractivity contribution < 1.29 is 21.6 Å². The molecule has 0 unspecified atom stereocenters. The SMILES string of the molecule is CCNC(=NCc1ccccc1C)NCC1CCN(S(=O)(=O)C(F)(F)F)CC1. The highest BCUT2D eigenvalue weighted by molar-refractivity contribution is 7.90. The van der Waals surface area contributed by atoms with Gasteiger partial charge in [-0.15, -0.1) is 0 Å². The molecule has 2 rings (SSSR count). The lowest BCUT2D eigenvalue weighted by atomic mass is 9.98. The fourth-order valence-corrected chi connectivity index (χ4v) is 4.02. The fourth-order valence-electron chi connectivity index (χ4n) is 3.03. The highest BCUT2D eigenvalue weighted by Gasteiger charge is 2.50. The molecule has 2 N–H and O–H groups in total. The van der Waals surface area contributed by atoms with Gasteiger partial charge >= 0.3 is 15.5 Å². The largest absolute Gasteiger partial charge is 0.511 e. The quantitative estimate of drug-likeness (QED) is 0.548. The van der Waals surface area contributed by atoms with Gasteiger partial charge in [0.15, 0.2) is 5.96 Å². The number of sulfonamides is 1. The molecule has 1 aliphatic heterocycles. The van der Waals surface area contributed by atoms with Crippen LogP contribution in [-0.4, -0.2) is 50.4 Å². The first kappa shape index (κ1) is 22.5. The maximum Gasteiger partial charge on any atom is 0.511 e. The van der Waals surface area contributed by atoms with Gasteiger partial charge < -0.3 is 10.6 Å². The van der Waals surface area contributed by atoms with Gasteiger partial charge in [-0.25, -0.2) is 13.4 Å². The van der Waals surface area contributed by atoms with Crippen LogP contribution in [0.4, 0.5) is 13.2 Å². The summed E-state index contributed by atoms with van der Waals surface area (Å²) in [7, 11) is -5.23. The van der Waals surface area contributed by atoms with Crippen LogP contribution in [0.25, 0.3) is 0 Å². The van der Waals surface area contributed by atoms with Gasteiger partial charge in [-0.1, -0.05) is 24.3 Å². The van der Waals surface area contributed by atoms with Crippen molar-refractivity contribution in [2.75, 3.05) is 26.2 Å². The summed E-state index contributed by atoms with van der Waals surface area (Å²) in [5.74, 6) is 0.720.